The molecule has 0 spiro atoms. The fourth-order valence-electron chi connectivity index (χ4n) is 2.05. The molecule has 0 aliphatic carbocycles. The lowest BCUT2D eigenvalue weighted by Gasteiger charge is -2.14. The molecule has 1 aliphatic heterocycles. The standard InChI is InChI=1S/C13H16FN3O5S/c1-8(18)15-6-10-7-17(13(19)22-10)9-3-4-12(11(14)5-9)16-23(2,20)21/h3-5,10,16H,6-7H2,1-2H3,(H,15,18)/t10-/m0/s1. The number of halogens is 1. The van der Waals surface area contributed by atoms with E-state index < -0.39 is 28.0 Å². The zero-order valence-corrected chi connectivity index (χ0v) is 13.3. The second kappa shape index (κ2) is 6.41. The van der Waals surface area contributed by atoms with E-state index in [1.165, 1.54) is 24.0 Å². The number of ether oxygens (including phenoxy) is 1. The van der Waals surface area contributed by atoms with Crippen LogP contribution in [0.25, 0.3) is 0 Å². The number of carbonyl (C=O) groups is 2. The quantitative estimate of drug-likeness (QED) is 0.816. The fraction of sp³-hybridized carbons (Fsp3) is 0.385. The average Bonchev–Trinajstić information content (AvgIpc) is 2.79. The number of sulfonamides is 1. The largest absolute Gasteiger partial charge is 0.442 e. The number of amides is 2. The first kappa shape index (κ1) is 17.0. The van der Waals surface area contributed by atoms with Crippen LogP contribution in [-0.2, 0) is 19.6 Å². The molecule has 0 bridgehead atoms. The van der Waals surface area contributed by atoms with Crippen molar-refractivity contribution in [2.75, 3.05) is 29.0 Å². The lowest BCUT2D eigenvalue weighted by Crippen LogP contribution is -2.33. The summed E-state index contributed by atoms with van der Waals surface area (Å²) in [5.74, 6) is -1.06. The van der Waals surface area contributed by atoms with Gasteiger partial charge in [-0.05, 0) is 18.2 Å². The van der Waals surface area contributed by atoms with Crippen LogP contribution in [0.15, 0.2) is 18.2 Å². The maximum atomic E-state index is 13.9. The molecule has 126 valence electrons. The maximum Gasteiger partial charge on any atom is 0.414 e. The highest BCUT2D eigenvalue weighted by molar-refractivity contribution is 7.92. The van der Waals surface area contributed by atoms with Gasteiger partial charge in [-0.15, -0.1) is 0 Å². The van der Waals surface area contributed by atoms with Crippen LogP contribution in [0, 0.1) is 5.82 Å². The summed E-state index contributed by atoms with van der Waals surface area (Å²) in [6, 6.07) is 3.66. The molecular weight excluding hydrogens is 329 g/mol. The molecule has 8 nitrogen and oxygen atoms in total. The minimum atomic E-state index is -3.60. The number of rotatable bonds is 5. The Morgan fingerprint density at radius 1 is 1.48 bits per heavy atom. The van der Waals surface area contributed by atoms with Crippen LogP contribution in [0.5, 0.6) is 0 Å². The summed E-state index contributed by atoms with van der Waals surface area (Å²) in [6.45, 7) is 1.66. The number of carbonyl (C=O) groups excluding carboxylic acids is 2. The Bertz CT molecular complexity index is 737. The van der Waals surface area contributed by atoms with Gasteiger partial charge in [0.2, 0.25) is 15.9 Å². The van der Waals surface area contributed by atoms with E-state index in [1.54, 1.807) is 0 Å². The lowest BCUT2D eigenvalue weighted by molar-refractivity contribution is -0.119. The number of anilines is 2. The van der Waals surface area contributed by atoms with E-state index in [-0.39, 0.29) is 30.4 Å². The SMILES string of the molecule is CC(=O)NC[C@H]1CN(c2ccc(NS(C)(=O)=O)c(F)c2)C(=O)O1. The van der Waals surface area contributed by atoms with Crippen molar-refractivity contribution in [2.24, 2.45) is 0 Å². The first-order chi connectivity index (χ1) is 10.7. The van der Waals surface area contributed by atoms with Crippen molar-refractivity contribution in [3.8, 4) is 0 Å². The summed E-state index contributed by atoms with van der Waals surface area (Å²) < 4.78 is 43.3. The van der Waals surface area contributed by atoms with Crippen LogP contribution in [0.2, 0.25) is 0 Å². The van der Waals surface area contributed by atoms with Crippen molar-refractivity contribution in [2.45, 2.75) is 13.0 Å². The highest BCUT2D eigenvalue weighted by Gasteiger charge is 2.32. The molecule has 23 heavy (non-hydrogen) atoms. The number of cyclic esters (lactones) is 1. The van der Waals surface area contributed by atoms with Crippen LogP contribution in [0.3, 0.4) is 0 Å². The summed E-state index contributed by atoms with van der Waals surface area (Å²) in [4.78, 5) is 23.9. The molecule has 1 heterocycles. The van der Waals surface area contributed by atoms with Gasteiger partial charge in [0.15, 0.2) is 0 Å². The Morgan fingerprint density at radius 2 is 2.17 bits per heavy atom. The van der Waals surface area contributed by atoms with E-state index in [9.17, 15) is 22.4 Å². The summed E-state index contributed by atoms with van der Waals surface area (Å²) >= 11 is 0. The topological polar surface area (TPSA) is 105 Å². The average molecular weight is 345 g/mol. The fourth-order valence-corrected chi connectivity index (χ4v) is 2.62. The zero-order chi connectivity index (χ0) is 17.2. The van der Waals surface area contributed by atoms with Crippen LogP contribution in [0.1, 0.15) is 6.92 Å². The summed E-state index contributed by atoms with van der Waals surface area (Å²) in [5.41, 5.74) is 0.0236. The van der Waals surface area contributed by atoms with E-state index in [1.807, 2.05) is 4.72 Å². The third-order valence-electron chi connectivity index (χ3n) is 3.01. The Morgan fingerprint density at radius 3 is 2.74 bits per heavy atom. The van der Waals surface area contributed by atoms with Crippen molar-refractivity contribution in [3.63, 3.8) is 0 Å². The van der Waals surface area contributed by atoms with Crippen molar-refractivity contribution in [1.82, 2.24) is 5.32 Å². The molecule has 2 amide bonds. The second-order valence-corrected chi connectivity index (χ2v) is 6.84. The van der Waals surface area contributed by atoms with Gasteiger partial charge < -0.3 is 10.1 Å². The number of hydrogen-bond acceptors (Lipinski definition) is 5. The van der Waals surface area contributed by atoms with Gasteiger partial charge in [0.05, 0.1) is 30.7 Å². The molecule has 0 unspecified atom stereocenters. The van der Waals surface area contributed by atoms with Gasteiger partial charge in [-0.3, -0.25) is 14.4 Å². The predicted octanol–water partition coefficient (Wildman–Crippen LogP) is 0.658. The van der Waals surface area contributed by atoms with Gasteiger partial charge in [0.1, 0.15) is 11.9 Å². The van der Waals surface area contributed by atoms with Gasteiger partial charge in [-0.2, -0.15) is 0 Å². The third-order valence-corrected chi connectivity index (χ3v) is 3.60. The lowest BCUT2D eigenvalue weighted by atomic mass is 10.2. The zero-order valence-electron chi connectivity index (χ0n) is 12.5. The molecule has 1 atom stereocenters. The van der Waals surface area contributed by atoms with Crippen molar-refractivity contribution in [1.29, 1.82) is 0 Å². The van der Waals surface area contributed by atoms with E-state index in [0.717, 1.165) is 12.3 Å². The smallest absolute Gasteiger partial charge is 0.414 e. The van der Waals surface area contributed by atoms with Gasteiger partial charge in [-0.25, -0.2) is 17.6 Å². The molecule has 2 N–H and O–H groups in total. The monoisotopic (exact) mass is 345 g/mol. The Hall–Kier alpha value is -2.36. The number of hydrogen-bond donors (Lipinski definition) is 2. The van der Waals surface area contributed by atoms with E-state index >= 15 is 0 Å². The molecule has 2 rings (SSSR count). The number of nitrogens with zero attached hydrogens (tertiary/aromatic N) is 1. The van der Waals surface area contributed by atoms with Gasteiger partial charge in [0.25, 0.3) is 0 Å². The van der Waals surface area contributed by atoms with Gasteiger partial charge in [0, 0.05) is 6.92 Å². The van der Waals surface area contributed by atoms with Crippen molar-refractivity contribution < 1.29 is 27.1 Å². The Kier molecular flexibility index (Phi) is 4.73. The first-order valence-electron chi connectivity index (χ1n) is 6.65. The van der Waals surface area contributed by atoms with Crippen molar-refractivity contribution in [3.05, 3.63) is 24.0 Å². The molecule has 1 saturated heterocycles. The molecule has 0 saturated carbocycles. The molecule has 1 aromatic rings. The third kappa shape index (κ3) is 4.55. The van der Waals surface area contributed by atoms with E-state index in [4.69, 9.17) is 4.74 Å². The van der Waals surface area contributed by atoms with Gasteiger partial charge >= 0.3 is 6.09 Å². The van der Waals surface area contributed by atoms with E-state index in [0.29, 0.717) is 0 Å². The molecule has 1 fully saturated rings. The molecule has 1 aromatic carbocycles. The first-order valence-corrected chi connectivity index (χ1v) is 8.55. The van der Waals surface area contributed by atoms with Crippen LogP contribution < -0.4 is 14.9 Å². The summed E-state index contributed by atoms with van der Waals surface area (Å²) in [5, 5.41) is 2.53. The second-order valence-electron chi connectivity index (χ2n) is 5.09. The van der Waals surface area contributed by atoms with E-state index in [2.05, 4.69) is 5.32 Å². The minimum Gasteiger partial charge on any atom is -0.442 e. The highest BCUT2D eigenvalue weighted by Crippen LogP contribution is 2.26. The predicted molar refractivity (Wildman–Crippen MR) is 81.2 cm³/mol. The summed E-state index contributed by atoms with van der Waals surface area (Å²) in [7, 11) is -3.60. The maximum absolute atomic E-state index is 13.9. The molecule has 1 aliphatic rings. The molecule has 0 aromatic heterocycles. The van der Waals surface area contributed by atoms with Crippen molar-refractivity contribution >= 4 is 33.4 Å². The number of benzene rings is 1. The van der Waals surface area contributed by atoms with Gasteiger partial charge in [-0.1, -0.05) is 0 Å². The number of nitrogens with one attached hydrogen (secondary N) is 2. The van der Waals surface area contributed by atoms with Crippen LogP contribution >= 0.6 is 0 Å². The molecule has 10 heteroatoms. The minimum absolute atomic E-state index is 0.150. The Labute approximate surface area is 132 Å². The molecular formula is C13H16FN3O5S. The summed E-state index contributed by atoms with van der Waals surface area (Å²) in [6.07, 6.45) is -0.294. The highest BCUT2D eigenvalue weighted by atomic mass is 32.2. The van der Waals surface area contributed by atoms with Crippen LogP contribution in [0.4, 0.5) is 20.6 Å². The molecule has 0 radical (unpaired) electrons. The Balaban J connectivity index is 2.11. The van der Waals surface area contributed by atoms with Crippen LogP contribution in [-0.4, -0.2) is 45.9 Å². The normalized spacial score (nSPS) is 17.8.